The van der Waals surface area contributed by atoms with Crippen LogP contribution < -0.4 is 10.5 Å². The number of nitrogens with two attached hydrogens (primary N) is 1. The van der Waals surface area contributed by atoms with E-state index < -0.39 is 0 Å². The molecule has 0 unspecified atom stereocenters. The third kappa shape index (κ3) is 4.83. The lowest BCUT2D eigenvalue weighted by molar-refractivity contribution is 0.216. The van der Waals surface area contributed by atoms with Gasteiger partial charge in [0, 0.05) is 29.8 Å². The summed E-state index contributed by atoms with van der Waals surface area (Å²) in [7, 11) is 0. The van der Waals surface area contributed by atoms with Crippen LogP contribution in [0.5, 0.6) is 5.75 Å². The van der Waals surface area contributed by atoms with Crippen molar-refractivity contribution in [2.75, 3.05) is 13.2 Å². The van der Waals surface area contributed by atoms with E-state index in [1.54, 1.807) is 13.8 Å². The van der Waals surface area contributed by atoms with Crippen LogP contribution in [0.2, 0.25) is 0 Å². The highest BCUT2D eigenvalue weighted by Crippen LogP contribution is 2.25. The van der Waals surface area contributed by atoms with E-state index in [9.17, 15) is 0 Å². The van der Waals surface area contributed by atoms with Gasteiger partial charge in [0.15, 0.2) is 0 Å². The Hall–Kier alpha value is -1.59. The number of aliphatic hydroxyl groups excluding tert-OH is 1. The van der Waals surface area contributed by atoms with Gasteiger partial charge in [-0.05, 0) is 31.9 Å². The Balaban J connectivity index is 0.000000444. The SMILES string of the molecule is CC(C)O.CC(C)c1[nH]nc2cc(OCCN)ccc12. The summed E-state index contributed by atoms with van der Waals surface area (Å²) in [6, 6.07) is 5.94. The van der Waals surface area contributed by atoms with Crippen molar-refractivity contribution >= 4 is 10.9 Å². The fourth-order valence-corrected chi connectivity index (χ4v) is 1.72. The molecule has 0 saturated heterocycles. The Kier molecular flexibility index (Phi) is 6.48. The zero-order chi connectivity index (χ0) is 15.1. The zero-order valence-electron chi connectivity index (χ0n) is 12.7. The number of benzene rings is 1. The van der Waals surface area contributed by atoms with Gasteiger partial charge in [-0.1, -0.05) is 13.8 Å². The summed E-state index contributed by atoms with van der Waals surface area (Å²) in [6.07, 6.45) is -0.167. The van der Waals surface area contributed by atoms with Crippen LogP contribution in [0, 0.1) is 0 Å². The van der Waals surface area contributed by atoms with Crippen LogP contribution in [0.4, 0.5) is 0 Å². The van der Waals surface area contributed by atoms with Gasteiger partial charge in [0.1, 0.15) is 12.4 Å². The molecule has 2 aromatic rings. The average molecular weight is 279 g/mol. The van der Waals surface area contributed by atoms with Crippen LogP contribution in [0.15, 0.2) is 18.2 Å². The van der Waals surface area contributed by atoms with Crippen molar-refractivity contribution in [1.82, 2.24) is 10.2 Å². The molecule has 0 aliphatic heterocycles. The molecule has 0 bridgehead atoms. The number of aromatic amines is 1. The van der Waals surface area contributed by atoms with Crippen LogP contribution in [0.1, 0.15) is 39.3 Å². The number of H-pyrrole nitrogens is 1. The van der Waals surface area contributed by atoms with Gasteiger partial charge in [0.25, 0.3) is 0 Å². The predicted octanol–water partition coefficient (Wildman–Crippen LogP) is 2.41. The number of nitrogens with one attached hydrogen (secondary N) is 1. The van der Waals surface area contributed by atoms with E-state index in [2.05, 4.69) is 24.0 Å². The number of hydrogen-bond acceptors (Lipinski definition) is 4. The third-order valence-corrected chi connectivity index (χ3v) is 2.52. The highest BCUT2D eigenvalue weighted by molar-refractivity contribution is 5.83. The summed E-state index contributed by atoms with van der Waals surface area (Å²) >= 11 is 0. The molecule has 0 amide bonds. The summed E-state index contributed by atoms with van der Waals surface area (Å²) in [4.78, 5) is 0. The topological polar surface area (TPSA) is 84.2 Å². The molecule has 1 aromatic heterocycles. The first-order chi connectivity index (χ1) is 9.45. The van der Waals surface area contributed by atoms with E-state index in [1.165, 1.54) is 5.69 Å². The van der Waals surface area contributed by atoms with Gasteiger partial charge >= 0.3 is 0 Å². The number of hydrogen-bond donors (Lipinski definition) is 3. The molecule has 1 aromatic carbocycles. The van der Waals surface area contributed by atoms with E-state index in [4.69, 9.17) is 15.6 Å². The lowest BCUT2D eigenvalue weighted by atomic mass is 10.1. The molecule has 4 N–H and O–H groups in total. The van der Waals surface area contributed by atoms with Crippen molar-refractivity contribution in [2.24, 2.45) is 5.73 Å². The minimum Gasteiger partial charge on any atom is -0.492 e. The second-order valence-corrected chi connectivity index (χ2v) is 5.20. The van der Waals surface area contributed by atoms with Gasteiger partial charge in [-0.3, -0.25) is 5.10 Å². The van der Waals surface area contributed by atoms with Gasteiger partial charge in [0.2, 0.25) is 0 Å². The highest BCUT2D eigenvalue weighted by atomic mass is 16.5. The van der Waals surface area contributed by atoms with Gasteiger partial charge in [-0.25, -0.2) is 0 Å². The second kappa shape index (κ2) is 7.87. The second-order valence-electron chi connectivity index (χ2n) is 5.20. The maximum atomic E-state index is 8.06. The number of aromatic nitrogens is 2. The van der Waals surface area contributed by atoms with Crippen LogP contribution in [0.25, 0.3) is 10.9 Å². The Morgan fingerprint density at radius 1 is 1.30 bits per heavy atom. The van der Waals surface area contributed by atoms with Crippen molar-refractivity contribution in [3.8, 4) is 5.75 Å². The Morgan fingerprint density at radius 3 is 2.50 bits per heavy atom. The first kappa shape index (κ1) is 16.5. The molecule has 2 rings (SSSR count). The molecule has 0 saturated carbocycles. The minimum absolute atomic E-state index is 0.167. The number of rotatable bonds is 4. The van der Waals surface area contributed by atoms with E-state index in [-0.39, 0.29) is 6.10 Å². The number of aliphatic hydroxyl groups is 1. The summed E-state index contributed by atoms with van der Waals surface area (Å²) < 4.78 is 5.45. The molecular formula is C15H25N3O2. The summed E-state index contributed by atoms with van der Waals surface area (Å²) in [5.74, 6) is 1.26. The predicted molar refractivity (Wildman–Crippen MR) is 82.1 cm³/mol. The van der Waals surface area contributed by atoms with Crippen LogP contribution in [-0.2, 0) is 0 Å². The first-order valence-corrected chi connectivity index (χ1v) is 6.94. The van der Waals surface area contributed by atoms with Gasteiger partial charge in [-0.2, -0.15) is 5.10 Å². The lowest BCUT2D eigenvalue weighted by Gasteiger charge is -2.04. The molecule has 112 valence electrons. The Morgan fingerprint density at radius 2 is 1.95 bits per heavy atom. The highest BCUT2D eigenvalue weighted by Gasteiger charge is 2.09. The fraction of sp³-hybridized carbons (Fsp3) is 0.533. The minimum atomic E-state index is -0.167. The van der Waals surface area contributed by atoms with E-state index in [0.717, 1.165) is 16.7 Å². The largest absolute Gasteiger partial charge is 0.492 e. The van der Waals surface area contributed by atoms with Crippen molar-refractivity contribution in [3.63, 3.8) is 0 Å². The van der Waals surface area contributed by atoms with Gasteiger partial charge in [0.05, 0.1) is 5.52 Å². The number of nitrogens with zero attached hydrogens (tertiary/aromatic N) is 1. The van der Waals surface area contributed by atoms with Crippen molar-refractivity contribution in [2.45, 2.75) is 39.7 Å². The van der Waals surface area contributed by atoms with Crippen molar-refractivity contribution in [1.29, 1.82) is 0 Å². The summed E-state index contributed by atoms with van der Waals surface area (Å²) in [5.41, 5.74) is 7.50. The quantitative estimate of drug-likeness (QED) is 0.802. The third-order valence-electron chi connectivity index (χ3n) is 2.52. The maximum Gasteiger partial charge on any atom is 0.121 e. The molecule has 0 radical (unpaired) electrons. The molecule has 0 atom stereocenters. The monoisotopic (exact) mass is 279 g/mol. The van der Waals surface area contributed by atoms with Gasteiger partial charge in [-0.15, -0.1) is 0 Å². The van der Waals surface area contributed by atoms with E-state index in [1.807, 2.05) is 18.2 Å². The van der Waals surface area contributed by atoms with E-state index >= 15 is 0 Å². The Labute approximate surface area is 120 Å². The molecule has 5 heteroatoms. The standard InChI is InChI=1S/C12H17N3O.C3H8O/c1-8(2)12-10-4-3-9(16-6-5-13)7-11(10)14-15-12;1-3(2)4/h3-4,7-8H,5-6,13H2,1-2H3,(H,14,15);3-4H,1-2H3. The lowest BCUT2D eigenvalue weighted by Crippen LogP contribution is -2.10. The molecule has 20 heavy (non-hydrogen) atoms. The van der Waals surface area contributed by atoms with E-state index in [0.29, 0.717) is 19.1 Å². The zero-order valence-corrected chi connectivity index (χ0v) is 12.7. The van der Waals surface area contributed by atoms with Crippen molar-refractivity contribution < 1.29 is 9.84 Å². The van der Waals surface area contributed by atoms with Crippen LogP contribution in [-0.4, -0.2) is 34.6 Å². The normalized spacial score (nSPS) is 10.8. The maximum absolute atomic E-state index is 8.06. The fourth-order valence-electron chi connectivity index (χ4n) is 1.72. The average Bonchev–Trinajstić information content (AvgIpc) is 2.78. The van der Waals surface area contributed by atoms with Crippen LogP contribution in [0.3, 0.4) is 0 Å². The number of fused-ring (bicyclic) bond motifs is 1. The van der Waals surface area contributed by atoms with Crippen molar-refractivity contribution in [3.05, 3.63) is 23.9 Å². The van der Waals surface area contributed by atoms with Crippen LogP contribution >= 0.6 is 0 Å². The molecule has 0 spiro atoms. The molecule has 1 heterocycles. The molecule has 0 fully saturated rings. The summed E-state index contributed by atoms with van der Waals surface area (Å²) in [6.45, 7) is 8.79. The molecule has 5 nitrogen and oxygen atoms in total. The molecule has 0 aliphatic carbocycles. The van der Waals surface area contributed by atoms with Gasteiger partial charge < -0.3 is 15.6 Å². The smallest absolute Gasteiger partial charge is 0.121 e. The first-order valence-electron chi connectivity index (χ1n) is 6.94. The Bertz CT molecular complexity index is 518. The molecular weight excluding hydrogens is 254 g/mol. The number of ether oxygens (including phenoxy) is 1. The summed E-state index contributed by atoms with van der Waals surface area (Å²) in [5, 5.41) is 16.6. The molecule has 0 aliphatic rings.